The van der Waals surface area contributed by atoms with Crippen LogP contribution in [0.5, 0.6) is 0 Å². The molecule has 0 spiro atoms. The lowest BCUT2D eigenvalue weighted by Gasteiger charge is -2.23. The molecule has 0 saturated carbocycles. The zero-order valence-corrected chi connectivity index (χ0v) is 14.3. The summed E-state index contributed by atoms with van der Waals surface area (Å²) in [5, 5.41) is 9.32. The fourth-order valence-electron chi connectivity index (χ4n) is 1.80. The molecule has 0 bridgehead atoms. The topological polar surface area (TPSA) is 74.7 Å². The van der Waals surface area contributed by atoms with Crippen LogP contribution in [-0.2, 0) is 14.8 Å². The molecular formula is C14H11BrClNO4S. The van der Waals surface area contributed by atoms with Gasteiger partial charge in [0.25, 0.3) is 10.0 Å². The van der Waals surface area contributed by atoms with E-state index >= 15 is 0 Å². The Balaban J connectivity index is 2.55. The van der Waals surface area contributed by atoms with Crippen LogP contribution in [0, 0.1) is 0 Å². The molecule has 2 aromatic carbocycles. The number of carbonyl (C=O) groups is 1. The monoisotopic (exact) mass is 403 g/mol. The minimum Gasteiger partial charge on any atom is -0.480 e. The molecule has 0 heterocycles. The van der Waals surface area contributed by atoms with E-state index in [0.717, 1.165) is 4.31 Å². The number of hydrogen-bond donors (Lipinski definition) is 1. The molecule has 0 amide bonds. The van der Waals surface area contributed by atoms with E-state index in [1.54, 1.807) is 24.3 Å². The second-order valence-electron chi connectivity index (χ2n) is 4.32. The Morgan fingerprint density at radius 1 is 1.18 bits per heavy atom. The van der Waals surface area contributed by atoms with Crippen LogP contribution in [0.25, 0.3) is 0 Å². The lowest BCUT2D eigenvalue weighted by molar-refractivity contribution is -0.135. The Bertz CT molecular complexity index is 796. The number of hydrogen-bond acceptors (Lipinski definition) is 3. The van der Waals surface area contributed by atoms with Gasteiger partial charge < -0.3 is 5.11 Å². The number of sulfonamides is 1. The van der Waals surface area contributed by atoms with Gasteiger partial charge in [0.1, 0.15) is 6.54 Å². The summed E-state index contributed by atoms with van der Waals surface area (Å²) >= 11 is 9.18. The molecule has 8 heteroatoms. The molecule has 22 heavy (non-hydrogen) atoms. The highest BCUT2D eigenvalue weighted by molar-refractivity contribution is 9.10. The van der Waals surface area contributed by atoms with Crippen molar-refractivity contribution in [1.29, 1.82) is 0 Å². The molecule has 2 aromatic rings. The predicted molar refractivity (Wildman–Crippen MR) is 87.8 cm³/mol. The number of carboxylic acid groups (broad SMARTS) is 1. The third kappa shape index (κ3) is 3.60. The fourth-order valence-corrected chi connectivity index (χ4v) is 3.65. The minimum atomic E-state index is -4.00. The molecule has 0 aliphatic carbocycles. The maximum atomic E-state index is 12.7. The van der Waals surface area contributed by atoms with Crippen molar-refractivity contribution in [2.45, 2.75) is 4.90 Å². The summed E-state index contributed by atoms with van der Waals surface area (Å²) in [5.74, 6) is -1.27. The molecule has 0 atom stereocenters. The minimum absolute atomic E-state index is 0.00953. The molecule has 0 saturated heterocycles. The van der Waals surface area contributed by atoms with Gasteiger partial charge in [0, 0.05) is 4.47 Å². The van der Waals surface area contributed by atoms with Gasteiger partial charge >= 0.3 is 5.97 Å². The van der Waals surface area contributed by atoms with Crippen LogP contribution in [0.1, 0.15) is 0 Å². The largest absolute Gasteiger partial charge is 0.480 e. The van der Waals surface area contributed by atoms with Gasteiger partial charge in [-0.1, -0.05) is 29.8 Å². The van der Waals surface area contributed by atoms with Gasteiger partial charge in [0.2, 0.25) is 0 Å². The van der Waals surface area contributed by atoms with E-state index in [-0.39, 0.29) is 15.6 Å². The van der Waals surface area contributed by atoms with Crippen LogP contribution in [0.4, 0.5) is 5.69 Å². The second kappa shape index (κ2) is 6.68. The number of anilines is 1. The summed E-state index contributed by atoms with van der Waals surface area (Å²) < 4.78 is 26.7. The van der Waals surface area contributed by atoms with Crippen molar-refractivity contribution in [2.75, 3.05) is 10.8 Å². The second-order valence-corrected chi connectivity index (χ2v) is 7.44. The van der Waals surface area contributed by atoms with Crippen molar-refractivity contribution >= 4 is 49.2 Å². The van der Waals surface area contributed by atoms with Crippen molar-refractivity contribution in [1.82, 2.24) is 0 Å². The molecule has 0 fully saturated rings. The van der Waals surface area contributed by atoms with E-state index in [9.17, 15) is 13.2 Å². The molecule has 5 nitrogen and oxygen atoms in total. The van der Waals surface area contributed by atoms with E-state index in [2.05, 4.69) is 15.9 Å². The highest BCUT2D eigenvalue weighted by atomic mass is 79.9. The van der Waals surface area contributed by atoms with E-state index in [1.807, 2.05) is 0 Å². The average molecular weight is 405 g/mol. The van der Waals surface area contributed by atoms with Crippen LogP contribution >= 0.6 is 27.5 Å². The lowest BCUT2D eigenvalue weighted by Crippen LogP contribution is -2.35. The van der Waals surface area contributed by atoms with Crippen LogP contribution < -0.4 is 4.31 Å². The number of nitrogens with zero attached hydrogens (tertiary/aromatic N) is 1. The summed E-state index contributed by atoms with van der Waals surface area (Å²) in [5.41, 5.74) is 0.180. The smallest absolute Gasteiger partial charge is 0.324 e. The van der Waals surface area contributed by atoms with E-state index in [4.69, 9.17) is 16.7 Å². The first-order valence-corrected chi connectivity index (χ1v) is 8.68. The summed E-state index contributed by atoms with van der Waals surface area (Å²) in [6.07, 6.45) is 0. The number of benzene rings is 2. The third-order valence-electron chi connectivity index (χ3n) is 2.80. The Morgan fingerprint density at radius 2 is 1.82 bits per heavy atom. The first-order chi connectivity index (χ1) is 10.3. The van der Waals surface area contributed by atoms with Gasteiger partial charge in [-0.15, -0.1) is 0 Å². The zero-order chi connectivity index (χ0) is 16.3. The molecular weight excluding hydrogens is 394 g/mol. The number of halogens is 2. The Morgan fingerprint density at radius 3 is 2.36 bits per heavy atom. The molecule has 0 aromatic heterocycles. The van der Waals surface area contributed by atoms with Crippen LogP contribution in [0.15, 0.2) is 57.9 Å². The lowest BCUT2D eigenvalue weighted by atomic mass is 10.3. The van der Waals surface area contributed by atoms with Crippen LogP contribution in [0.2, 0.25) is 5.02 Å². The van der Waals surface area contributed by atoms with E-state index in [1.165, 1.54) is 24.3 Å². The molecule has 1 N–H and O–H groups in total. The van der Waals surface area contributed by atoms with E-state index in [0.29, 0.717) is 4.47 Å². The van der Waals surface area contributed by atoms with Crippen molar-refractivity contribution in [3.05, 3.63) is 58.0 Å². The molecule has 0 aliphatic rings. The highest BCUT2D eigenvalue weighted by Gasteiger charge is 2.27. The van der Waals surface area contributed by atoms with Gasteiger partial charge in [-0.2, -0.15) is 0 Å². The SMILES string of the molecule is O=C(O)CN(c1ccc(Br)c(Cl)c1)S(=O)(=O)c1ccccc1. The standard InChI is InChI=1S/C14H11BrClNO4S/c15-12-7-6-10(8-13(12)16)17(9-14(18)19)22(20,21)11-4-2-1-3-5-11/h1-8H,9H2,(H,18,19). The molecule has 0 unspecified atom stereocenters. The van der Waals surface area contributed by atoms with Crippen molar-refractivity contribution in [2.24, 2.45) is 0 Å². The number of aliphatic carboxylic acids is 1. The summed E-state index contributed by atoms with van der Waals surface area (Å²) in [4.78, 5) is 11.1. The molecule has 116 valence electrons. The molecule has 0 radical (unpaired) electrons. The van der Waals surface area contributed by atoms with Crippen LogP contribution in [0.3, 0.4) is 0 Å². The van der Waals surface area contributed by atoms with Crippen molar-refractivity contribution in [3.63, 3.8) is 0 Å². The third-order valence-corrected chi connectivity index (χ3v) is 5.82. The molecule has 2 rings (SSSR count). The summed E-state index contributed by atoms with van der Waals surface area (Å²) in [7, 11) is -4.00. The molecule has 0 aliphatic heterocycles. The van der Waals surface area contributed by atoms with E-state index < -0.39 is 22.5 Å². The fraction of sp³-hybridized carbons (Fsp3) is 0.0714. The Hall–Kier alpha value is -1.57. The Labute approximate surface area is 141 Å². The Kier molecular flexibility index (Phi) is 5.10. The highest BCUT2D eigenvalue weighted by Crippen LogP contribution is 2.30. The summed E-state index contributed by atoms with van der Waals surface area (Å²) in [6, 6.07) is 12.1. The van der Waals surface area contributed by atoms with Gasteiger partial charge in [-0.25, -0.2) is 8.42 Å². The number of rotatable bonds is 5. The van der Waals surface area contributed by atoms with Crippen molar-refractivity contribution in [3.8, 4) is 0 Å². The maximum absolute atomic E-state index is 12.7. The zero-order valence-electron chi connectivity index (χ0n) is 11.1. The quantitative estimate of drug-likeness (QED) is 0.829. The number of carboxylic acids is 1. The first-order valence-electron chi connectivity index (χ1n) is 6.07. The van der Waals surface area contributed by atoms with Gasteiger partial charge in [-0.05, 0) is 46.3 Å². The van der Waals surface area contributed by atoms with Crippen LogP contribution in [-0.4, -0.2) is 26.0 Å². The van der Waals surface area contributed by atoms with Crippen molar-refractivity contribution < 1.29 is 18.3 Å². The summed E-state index contributed by atoms with van der Waals surface area (Å²) in [6.45, 7) is -0.699. The van der Waals surface area contributed by atoms with Gasteiger partial charge in [0.05, 0.1) is 15.6 Å². The van der Waals surface area contributed by atoms with Gasteiger partial charge in [-0.3, -0.25) is 9.10 Å². The normalized spacial score (nSPS) is 11.2. The predicted octanol–water partition coefficient (Wildman–Crippen LogP) is 3.38. The average Bonchev–Trinajstić information content (AvgIpc) is 2.48. The maximum Gasteiger partial charge on any atom is 0.324 e. The first kappa shape index (κ1) is 16.8. The van der Waals surface area contributed by atoms with Gasteiger partial charge in [0.15, 0.2) is 0 Å².